The Morgan fingerprint density at radius 1 is 0.714 bits per heavy atom. The molecule has 2 aromatic carbocycles. The Balaban J connectivity index is 1.94. The van der Waals surface area contributed by atoms with Crippen molar-refractivity contribution in [3.63, 3.8) is 0 Å². The van der Waals surface area contributed by atoms with E-state index in [1.165, 1.54) is 25.1 Å². The summed E-state index contributed by atoms with van der Waals surface area (Å²) in [4.78, 5) is 59.5. The molecule has 0 saturated carbocycles. The molecule has 1 N–H and O–H groups in total. The van der Waals surface area contributed by atoms with Crippen molar-refractivity contribution in [2.45, 2.75) is 58.4 Å². The lowest BCUT2D eigenvalue weighted by Crippen LogP contribution is -2.64. The second kappa shape index (κ2) is 14.1. The largest absolute Gasteiger partial charge is 0.508 e. The van der Waals surface area contributed by atoms with Gasteiger partial charge in [-0.15, -0.1) is 0 Å². The quantitative estimate of drug-likeness (QED) is 0.197. The average Bonchev–Trinajstić information content (AvgIpc) is 2.89. The van der Waals surface area contributed by atoms with E-state index < -0.39 is 60.6 Å². The Hall–Kier alpha value is -4.91. The number of rotatable bonds is 9. The van der Waals surface area contributed by atoms with E-state index >= 15 is 0 Å². The summed E-state index contributed by atoms with van der Waals surface area (Å²) in [5, 5.41) is 10.4. The van der Waals surface area contributed by atoms with Gasteiger partial charge in [0.2, 0.25) is 12.4 Å². The standard InChI is InChI=1S/C29H30O13/c1-15(30)37-22-10-8-19(9-11-22)6-7-20-12-21(34)14-23(13-20)41-29-27(40-18(4)33)25(39-17(3)32)24(38-16(2)31)26(42-29)28(35)36-5/h6-14,24-27,29,34H,1-5H3/b7-6-. The maximum absolute atomic E-state index is 12.6. The minimum Gasteiger partial charge on any atom is -0.508 e. The monoisotopic (exact) mass is 586 g/mol. The lowest BCUT2D eigenvalue weighted by Gasteiger charge is -2.43. The minimum absolute atomic E-state index is 0.0261. The van der Waals surface area contributed by atoms with Crippen molar-refractivity contribution in [3.05, 3.63) is 53.6 Å². The highest BCUT2D eigenvalue weighted by atomic mass is 16.7. The summed E-state index contributed by atoms with van der Waals surface area (Å²) in [7, 11) is 1.07. The molecule has 5 unspecified atom stereocenters. The van der Waals surface area contributed by atoms with E-state index in [0.717, 1.165) is 33.4 Å². The van der Waals surface area contributed by atoms with Crippen molar-refractivity contribution < 1.29 is 62.2 Å². The van der Waals surface area contributed by atoms with Crippen molar-refractivity contribution in [2.75, 3.05) is 7.11 Å². The molecule has 224 valence electrons. The van der Waals surface area contributed by atoms with Gasteiger partial charge in [0.15, 0.2) is 18.3 Å². The van der Waals surface area contributed by atoms with Gasteiger partial charge in [0.05, 0.1) is 7.11 Å². The Morgan fingerprint density at radius 2 is 1.29 bits per heavy atom. The molecule has 3 rings (SSSR count). The van der Waals surface area contributed by atoms with Crippen LogP contribution in [0.15, 0.2) is 42.5 Å². The van der Waals surface area contributed by atoms with Crippen molar-refractivity contribution >= 4 is 42.0 Å². The van der Waals surface area contributed by atoms with Crippen LogP contribution in [-0.2, 0) is 47.7 Å². The van der Waals surface area contributed by atoms with Crippen LogP contribution in [0.4, 0.5) is 0 Å². The zero-order valence-corrected chi connectivity index (χ0v) is 23.4. The molecule has 13 heteroatoms. The molecule has 1 aliphatic rings. The average molecular weight is 587 g/mol. The Bertz CT molecular complexity index is 1350. The molecule has 13 nitrogen and oxygen atoms in total. The molecule has 1 aliphatic heterocycles. The zero-order chi connectivity index (χ0) is 31.0. The highest BCUT2D eigenvalue weighted by molar-refractivity contribution is 5.77. The Labute approximate surface area is 240 Å². The van der Waals surface area contributed by atoms with Crippen LogP contribution >= 0.6 is 0 Å². The summed E-state index contributed by atoms with van der Waals surface area (Å²) in [6.07, 6.45) is -4.40. The number of benzene rings is 2. The molecule has 1 saturated heterocycles. The van der Waals surface area contributed by atoms with Crippen LogP contribution in [0.25, 0.3) is 12.2 Å². The zero-order valence-electron chi connectivity index (χ0n) is 23.4. The topological polar surface area (TPSA) is 170 Å². The van der Waals surface area contributed by atoms with Gasteiger partial charge in [0.25, 0.3) is 0 Å². The third-order valence-electron chi connectivity index (χ3n) is 5.61. The number of carbonyl (C=O) groups excluding carboxylic acids is 5. The van der Waals surface area contributed by atoms with Gasteiger partial charge in [0, 0.05) is 33.8 Å². The van der Waals surface area contributed by atoms with Gasteiger partial charge in [-0.25, -0.2) is 4.79 Å². The molecule has 0 aliphatic carbocycles. The second-order valence-corrected chi connectivity index (χ2v) is 9.04. The van der Waals surface area contributed by atoms with E-state index in [4.69, 9.17) is 33.2 Å². The first-order valence-electron chi connectivity index (χ1n) is 12.6. The van der Waals surface area contributed by atoms with Crippen LogP contribution in [0, 0.1) is 0 Å². The summed E-state index contributed by atoms with van der Waals surface area (Å²) < 4.78 is 37.3. The molecule has 0 radical (unpaired) electrons. The number of esters is 5. The lowest BCUT2D eigenvalue weighted by atomic mass is 9.97. The molecule has 2 aromatic rings. The number of aromatic hydroxyl groups is 1. The maximum Gasteiger partial charge on any atom is 0.339 e. The summed E-state index contributed by atoms with van der Waals surface area (Å²) in [5.41, 5.74) is 1.23. The van der Waals surface area contributed by atoms with Gasteiger partial charge in [-0.2, -0.15) is 0 Å². The minimum atomic E-state index is -1.63. The number of ether oxygens (including phenoxy) is 7. The summed E-state index contributed by atoms with van der Waals surface area (Å²) in [6, 6.07) is 10.9. The Morgan fingerprint density at radius 3 is 1.86 bits per heavy atom. The number of methoxy groups -OCH3 is 1. The molecule has 0 spiro atoms. The number of hydrogen-bond donors (Lipinski definition) is 1. The van der Waals surface area contributed by atoms with Crippen LogP contribution in [0.5, 0.6) is 17.2 Å². The molecule has 1 fully saturated rings. The van der Waals surface area contributed by atoms with Gasteiger partial charge in [-0.3, -0.25) is 19.2 Å². The number of phenolic OH excluding ortho intramolecular Hbond substituents is 1. The van der Waals surface area contributed by atoms with Crippen LogP contribution in [0.1, 0.15) is 38.8 Å². The summed E-state index contributed by atoms with van der Waals surface area (Å²) in [6.45, 7) is 4.53. The first-order chi connectivity index (χ1) is 19.9. The van der Waals surface area contributed by atoms with Crippen LogP contribution in [-0.4, -0.2) is 72.8 Å². The molecular formula is C29H30O13. The fourth-order valence-electron chi connectivity index (χ4n) is 4.08. The fraction of sp³-hybridized carbons (Fsp3) is 0.345. The van der Waals surface area contributed by atoms with Crippen molar-refractivity contribution in [2.24, 2.45) is 0 Å². The molecule has 0 amide bonds. The number of carbonyl (C=O) groups is 5. The molecule has 0 bridgehead atoms. The van der Waals surface area contributed by atoms with Crippen LogP contribution < -0.4 is 9.47 Å². The lowest BCUT2D eigenvalue weighted by molar-refractivity contribution is -0.282. The first-order valence-corrected chi connectivity index (χ1v) is 12.6. The van der Waals surface area contributed by atoms with Gasteiger partial charge in [-0.1, -0.05) is 24.3 Å². The van der Waals surface area contributed by atoms with Gasteiger partial charge >= 0.3 is 29.8 Å². The molecule has 42 heavy (non-hydrogen) atoms. The highest BCUT2D eigenvalue weighted by Crippen LogP contribution is 2.33. The number of hydrogen-bond acceptors (Lipinski definition) is 13. The van der Waals surface area contributed by atoms with E-state index in [1.807, 2.05) is 0 Å². The van der Waals surface area contributed by atoms with Gasteiger partial charge in [-0.05, 0) is 35.4 Å². The SMILES string of the molecule is COC(=O)C1OC(Oc2cc(O)cc(/C=C\c3ccc(OC(C)=O)cc3)c2)C(OC(C)=O)C(OC(C)=O)C1OC(C)=O. The van der Waals surface area contributed by atoms with E-state index in [9.17, 15) is 29.1 Å². The second-order valence-electron chi connectivity index (χ2n) is 9.04. The predicted octanol–water partition coefficient (Wildman–Crippen LogP) is 2.56. The van der Waals surface area contributed by atoms with Crippen LogP contribution in [0.3, 0.4) is 0 Å². The number of phenols is 1. The van der Waals surface area contributed by atoms with Crippen LogP contribution in [0.2, 0.25) is 0 Å². The predicted molar refractivity (Wildman–Crippen MR) is 143 cm³/mol. The van der Waals surface area contributed by atoms with Crippen molar-refractivity contribution in [1.29, 1.82) is 0 Å². The van der Waals surface area contributed by atoms with Gasteiger partial charge < -0.3 is 38.3 Å². The first kappa shape index (κ1) is 31.6. The maximum atomic E-state index is 12.6. The molecule has 0 aromatic heterocycles. The normalized spacial score (nSPS) is 21.6. The highest BCUT2D eigenvalue weighted by Gasteiger charge is 2.55. The smallest absolute Gasteiger partial charge is 0.339 e. The van der Waals surface area contributed by atoms with E-state index in [-0.39, 0.29) is 11.5 Å². The molecular weight excluding hydrogens is 556 g/mol. The van der Waals surface area contributed by atoms with Gasteiger partial charge in [0.1, 0.15) is 17.2 Å². The van der Waals surface area contributed by atoms with E-state index in [2.05, 4.69) is 0 Å². The van der Waals surface area contributed by atoms with Crippen molar-refractivity contribution in [1.82, 2.24) is 0 Å². The molecule has 5 atom stereocenters. The fourth-order valence-corrected chi connectivity index (χ4v) is 4.08. The third kappa shape index (κ3) is 8.80. The summed E-state index contributed by atoms with van der Waals surface area (Å²) in [5.74, 6) is -3.68. The van der Waals surface area contributed by atoms with E-state index in [1.54, 1.807) is 36.4 Å². The summed E-state index contributed by atoms with van der Waals surface area (Å²) >= 11 is 0. The third-order valence-corrected chi connectivity index (χ3v) is 5.61. The Kier molecular flexibility index (Phi) is 10.6. The van der Waals surface area contributed by atoms with E-state index in [0.29, 0.717) is 11.3 Å². The molecule has 1 heterocycles. The van der Waals surface area contributed by atoms with Crippen molar-refractivity contribution in [3.8, 4) is 17.2 Å².